The Morgan fingerprint density at radius 1 is 1.33 bits per heavy atom. The predicted octanol–water partition coefficient (Wildman–Crippen LogP) is 2.57. The second-order valence-electron chi connectivity index (χ2n) is 5.85. The van der Waals surface area contributed by atoms with Crippen LogP contribution in [0.5, 0.6) is 0 Å². The number of nitrogens with zero attached hydrogens (tertiary/aromatic N) is 1. The van der Waals surface area contributed by atoms with Crippen LogP contribution in [-0.4, -0.2) is 28.8 Å². The third kappa shape index (κ3) is 3.12. The number of aryl methyl sites for hydroxylation is 1. The number of hydrogen-bond acceptors (Lipinski definition) is 3. The van der Waals surface area contributed by atoms with Crippen LogP contribution >= 0.6 is 11.3 Å². The van der Waals surface area contributed by atoms with E-state index in [0.29, 0.717) is 13.0 Å². The summed E-state index contributed by atoms with van der Waals surface area (Å²) in [6, 6.07) is 1.36. The van der Waals surface area contributed by atoms with Gasteiger partial charge in [0.1, 0.15) is 12.1 Å². The van der Waals surface area contributed by atoms with Crippen LogP contribution in [0.4, 0.5) is 0 Å². The van der Waals surface area contributed by atoms with Crippen molar-refractivity contribution < 1.29 is 9.59 Å². The van der Waals surface area contributed by atoms with Gasteiger partial charge in [0.15, 0.2) is 0 Å². The summed E-state index contributed by atoms with van der Waals surface area (Å²) in [5.74, 6) is 0.133. The molecule has 0 bridgehead atoms. The maximum absolute atomic E-state index is 12.7. The van der Waals surface area contributed by atoms with Crippen molar-refractivity contribution in [3.63, 3.8) is 0 Å². The topological polar surface area (TPSA) is 49.4 Å². The van der Waals surface area contributed by atoms with Gasteiger partial charge >= 0.3 is 0 Å². The predicted molar refractivity (Wildman–Crippen MR) is 85.1 cm³/mol. The average molecular weight is 308 g/mol. The molecule has 21 heavy (non-hydrogen) atoms. The van der Waals surface area contributed by atoms with E-state index in [0.717, 1.165) is 6.42 Å². The number of carbonyl (C=O) groups excluding carboxylic acids is 2. The van der Waals surface area contributed by atoms with E-state index in [1.807, 2.05) is 20.8 Å². The Morgan fingerprint density at radius 2 is 2.05 bits per heavy atom. The Kier molecular flexibility index (Phi) is 5.04. The van der Waals surface area contributed by atoms with Gasteiger partial charge in [-0.05, 0) is 35.8 Å². The largest absolute Gasteiger partial charge is 0.343 e. The van der Waals surface area contributed by atoms with Gasteiger partial charge in [-0.3, -0.25) is 9.59 Å². The van der Waals surface area contributed by atoms with Gasteiger partial charge in [-0.1, -0.05) is 27.7 Å². The molecule has 1 aromatic rings. The minimum atomic E-state index is -0.377. The number of amides is 2. The average Bonchev–Trinajstić information content (AvgIpc) is 2.89. The highest BCUT2D eigenvalue weighted by atomic mass is 32.1. The van der Waals surface area contributed by atoms with Crippen LogP contribution in [0.1, 0.15) is 44.6 Å². The summed E-state index contributed by atoms with van der Waals surface area (Å²) in [6.45, 7) is 8.58. The highest BCUT2D eigenvalue weighted by molar-refractivity contribution is 7.10. The van der Waals surface area contributed by atoms with E-state index >= 15 is 0 Å². The third-order valence-corrected chi connectivity index (χ3v) is 5.02. The Balaban J connectivity index is 2.30. The lowest BCUT2D eigenvalue weighted by Gasteiger charge is -2.40. The van der Waals surface area contributed by atoms with Crippen molar-refractivity contribution in [1.82, 2.24) is 10.2 Å². The van der Waals surface area contributed by atoms with E-state index < -0.39 is 0 Å². The Hall–Kier alpha value is -1.36. The molecule has 2 rings (SSSR count). The maximum atomic E-state index is 12.7. The molecule has 4 nitrogen and oxygen atoms in total. The van der Waals surface area contributed by atoms with Gasteiger partial charge in [-0.25, -0.2) is 0 Å². The molecule has 0 spiro atoms. The summed E-state index contributed by atoms with van der Waals surface area (Å²) in [4.78, 5) is 28.0. The number of thiophene rings is 1. The zero-order chi connectivity index (χ0) is 15.6. The summed E-state index contributed by atoms with van der Waals surface area (Å²) >= 11 is 1.67. The van der Waals surface area contributed by atoms with Crippen LogP contribution in [-0.2, 0) is 22.6 Å². The molecule has 1 aromatic heterocycles. The number of hydrogen-bond donors (Lipinski definition) is 1. The summed E-state index contributed by atoms with van der Waals surface area (Å²) in [7, 11) is 0. The first-order chi connectivity index (χ1) is 9.99. The molecule has 0 aliphatic carbocycles. The monoisotopic (exact) mass is 308 g/mol. The highest BCUT2D eigenvalue weighted by Gasteiger charge is 2.41. The van der Waals surface area contributed by atoms with Crippen molar-refractivity contribution >= 4 is 23.2 Å². The Morgan fingerprint density at radius 3 is 2.62 bits per heavy atom. The molecule has 2 atom stereocenters. The first-order valence-corrected chi connectivity index (χ1v) is 8.53. The summed E-state index contributed by atoms with van der Waals surface area (Å²) in [5.41, 5.74) is 1.27. The second kappa shape index (κ2) is 6.60. The molecule has 116 valence electrons. The van der Waals surface area contributed by atoms with Gasteiger partial charge in [-0.15, -0.1) is 11.3 Å². The number of piperazine rings is 1. The molecule has 2 amide bonds. The molecule has 1 fully saturated rings. The Labute approximate surface area is 130 Å². The van der Waals surface area contributed by atoms with Crippen molar-refractivity contribution in [3.8, 4) is 0 Å². The smallest absolute Gasteiger partial charge is 0.246 e. The fourth-order valence-electron chi connectivity index (χ4n) is 2.89. The molecule has 1 aliphatic heterocycles. The van der Waals surface area contributed by atoms with Gasteiger partial charge in [0.25, 0.3) is 0 Å². The van der Waals surface area contributed by atoms with Crippen LogP contribution in [0, 0.1) is 5.92 Å². The van der Waals surface area contributed by atoms with Gasteiger partial charge in [0.2, 0.25) is 11.8 Å². The highest BCUT2D eigenvalue weighted by Crippen LogP contribution is 2.25. The van der Waals surface area contributed by atoms with Crippen molar-refractivity contribution in [3.05, 3.63) is 21.9 Å². The molecule has 1 N–H and O–H groups in total. The Bertz CT molecular complexity index is 524. The molecule has 2 heterocycles. The normalized spacial score (nSPS) is 22.8. The van der Waals surface area contributed by atoms with E-state index in [9.17, 15) is 9.59 Å². The second-order valence-corrected chi connectivity index (χ2v) is 6.85. The zero-order valence-corrected chi connectivity index (χ0v) is 14.0. The lowest BCUT2D eigenvalue weighted by molar-refractivity contribution is -0.152. The molecule has 0 radical (unpaired) electrons. The summed E-state index contributed by atoms with van der Waals surface area (Å²) in [6.07, 6.45) is 1.59. The van der Waals surface area contributed by atoms with Crippen molar-refractivity contribution in [1.29, 1.82) is 0 Å². The van der Waals surface area contributed by atoms with E-state index in [4.69, 9.17) is 0 Å². The minimum absolute atomic E-state index is 0.0222. The number of carbonyl (C=O) groups is 2. The van der Waals surface area contributed by atoms with Crippen molar-refractivity contribution in [2.75, 3.05) is 0 Å². The zero-order valence-electron chi connectivity index (χ0n) is 13.2. The van der Waals surface area contributed by atoms with Crippen LogP contribution in [0.2, 0.25) is 0 Å². The number of nitrogens with one attached hydrogen (secondary N) is 1. The van der Waals surface area contributed by atoms with Crippen LogP contribution < -0.4 is 5.32 Å². The minimum Gasteiger partial charge on any atom is -0.343 e. The SMILES string of the molecule is CCc1ccsc1CN1C(=O)C(CC)NC(=O)C1C(C)C. The van der Waals surface area contributed by atoms with Gasteiger partial charge in [0, 0.05) is 4.88 Å². The molecule has 1 saturated heterocycles. The first-order valence-electron chi connectivity index (χ1n) is 7.65. The van der Waals surface area contributed by atoms with Crippen LogP contribution in [0.15, 0.2) is 11.4 Å². The van der Waals surface area contributed by atoms with Crippen LogP contribution in [0.3, 0.4) is 0 Å². The molecule has 0 saturated carbocycles. The molecule has 0 aromatic carbocycles. The molecular weight excluding hydrogens is 284 g/mol. The molecule has 1 aliphatic rings. The molecule has 5 heteroatoms. The van der Waals surface area contributed by atoms with Gasteiger partial charge in [-0.2, -0.15) is 0 Å². The van der Waals surface area contributed by atoms with E-state index in [1.165, 1.54) is 10.4 Å². The fourth-order valence-corrected chi connectivity index (χ4v) is 3.86. The first kappa shape index (κ1) is 16.0. The van der Waals surface area contributed by atoms with Crippen molar-refractivity contribution in [2.45, 2.75) is 59.2 Å². The quantitative estimate of drug-likeness (QED) is 0.909. The van der Waals surface area contributed by atoms with E-state index in [1.54, 1.807) is 16.2 Å². The fraction of sp³-hybridized carbons (Fsp3) is 0.625. The van der Waals surface area contributed by atoms with Crippen molar-refractivity contribution in [2.24, 2.45) is 5.92 Å². The standard InChI is InChI=1S/C16H24N2O2S/c1-5-11-7-8-21-13(11)9-18-14(10(3)4)15(19)17-12(6-2)16(18)20/h7-8,10,12,14H,5-6,9H2,1-4H3,(H,17,19). The lowest BCUT2D eigenvalue weighted by Crippen LogP contribution is -2.64. The van der Waals surface area contributed by atoms with Crippen LogP contribution in [0.25, 0.3) is 0 Å². The van der Waals surface area contributed by atoms with E-state index in [-0.39, 0.29) is 29.8 Å². The van der Waals surface area contributed by atoms with Gasteiger partial charge in [0.05, 0.1) is 6.54 Å². The molecule has 2 unspecified atom stereocenters. The van der Waals surface area contributed by atoms with E-state index in [2.05, 4.69) is 23.7 Å². The third-order valence-electron chi connectivity index (χ3n) is 4.07. The summed E-state index contributed by atoms with van der Waals surface area (Å²) < 4.78 is 0. The maximum Gasteiger partial charge on any atom is 0.246 e. The molecular formula is C16H24N2O2S. The lowest BCUT2D eigenvalue weighted by atomic mass is 9.96. The van der Waals surface area contributed by atoms with Gasteiger partial charge < -0.3 is 10.2 Å². The summed E-state index contributed by atoms with van der Waals surface area (Å²) in [5, 5.41) is 4.92. The number of rotatable bonds is 5.